The van der Waals surface area contributed by atoms with Gasteiger partial charge >= 0.3 is 5.97 Å². The van der Waals surface area contributed by atoms with Crippen LogP contribution < -0.4 is 10.2 Å². The summed E-state index contributed by atoms with van der Waals surface area (Å²) in [6.45, 7) is 1.68. The summed E-state index contributed by atoms with van der Waals surface area (Å²) in [6.07, 6.45) is 1.85. The van der Waals surface area contributed by atoms with Gasteiger partial charge in [-0.05, 0) is 49.3 Å². The molecule has 0 bridgehead atoms. The molecule has 0 unspecified atom stereocenters. The molecular formula is C18H22N4O2S2. The molecule has 1 aliphatic heterocycles. The number of aromatic carboxylic acids is 1. The van der Waals surface area contributed by atoms with Crippen molar-refractivity contribution in [2.24, 2.45) is 0 Å². The molecule has 1 aromatic heterocycles. The number of thiazole rings is 1. The Morgan fingerprint density at radius 1 is 1.31 bits per heavy atom. The smallest absolute Gasteiger partial charge is 0.355 e. The first kappa shape index (κ1) is 18.6. The second-order valence-corrected chi connectivity index (χ2v) is 7.79. The number of anilines is 2. The van der Waals surface area contributed by atoms with E-state index in [1.165, 1.54) is 11.3 Å². The van der Waals surface area contributed by atoms with E-state index in [1.807, 2.05) is 26.2 Å². The lowest BCUT2D eigenvalue weighted by atomic mass is 9.98. The van der Waals surface area contributed by atoms with Crippen molar-refractivity contribution in [1.29, 1.82) is 0 Å². The fourth-order valence-corrected chi connectivity index (χ4v) is 4.21. The van der Waals surface area contributed by atoms with Crippen LogP contribution in [-0.2, 0) is 0 Å². The number of carboxylic acids is 1. The van der Waals surface area contributed by atoms with Crippen LogP contribution in [0.25, 0.3) is 0 Å². The predicted octanol–water partition coefficient (Wildman–Crippen LogP) is 3.48. The SMILES string of the molecule is CN(C)c1ccc(NC(=S)N2CCC(c3nc(C(=O)O)cs3)CC2)cc1. The Kier molecular flexibility index (Phi) is 5.73. The standard InChI is InChI=1S/C18H22N4O2S2/c1-21(2)14-5-3-13(4-6-14)19-18(25)22-9-7-12(8-10-22)16-20-15(11-26-16)17(23)24/h3-6,11-12H,7-10H2,1-2H3,(H,19,25)(H,23,24). The number of thiocarbonyl (C=S) groups is 1. The molecule has 2 aromatic rings. The highest BCUT2D eigenvalue weighted by molar-refractivity contribution is 7.80. The van der Waals surface area contributed by atoms with Crippen molar-refractivity contribution in [2.45, 2.75) is 18.8 Å². The van der Waals surface area contributed by atoms with Crippen LogP contribution in [-0.4, -0.2) is 53.3 Å². The van der Waals surface area contributed by atoms with E-state index in [-0.39, 0.29) is 5.69 Å². The van der Waals surface area contributed by atoms with E-state index in [1.54, 1.807) is 5.38 Å². The van der Waals surface area contributed by atoms with Crippen LogP contribution in [0.5, 0.6) is 0 Å². The van der Waals surface area contributed by atoms with Crippen molar-refractivity contribution in [3.05, 3.63) is 40.3 Å². The highest BCUT2D eigenvalue weighted by Gasteiger charge is 2.25. The van der Waals surface area contributed by atoms with Gasteiger partial charge in [0.2, 0.25) is 0 Å². The van der Waals surface area contributed by atoms with Gasteiger partial charge in [0.25, 0.3) is 0 Å². The summed E-state index contributed by atoms with van der Waals surface area (Å²) in [5.74, 6) is -0.651. The van der Waals surface area contributed by atoms with Crippen molar-refractivity contribution in [3.63, 3.8) is 0 Å². The van der Waals surface area contributed by atoms with Gasteiger partial charge in [0.05, 0.1) is 5.01 Å². The van der Waals surface area contributed by atoms with Crippen LogP contribution >= 0.6 is 23.6 Å². The van der Waals surface area contributed by atoms with Crippen molar-refractivity contribution < 1.29 is 9.90 Å². The van der Waals surface area contributed by atoms with Gasteiger partial charge in [-0.1, -0.05) is 0 Å². The quantitative estimate of drug-likeness (QED) is 0.775. The van der Waals surface area contributed by atoms with Crippen LogP contribution in [0, 0.1) is 0 Å². The van der Waals surface area contributed by atoms with Crippen LogP contribution in [0.15, 0.2) is 29.6 Å². The third-order valence-electron chi connectivity index (χ3n) is 4.51. The van der Waals surface area contributed by atoms with E-state index < -0.39 is 5.97 Å². The number of piperidine rings is 1. The zero-order chi connectivity index (χ0) is 18.7. The van der Waals surface area contributed by atoms with Gasteiger partial charge in [-0.2, -0.15) is 0 Å². The molecule has 1 aliphatic rings. The first-order chi connectivity index (χ1) is 12.4. The number of benzene rings is 1. The van der Waals surface area contributed by atoms with E-state index in [2.05, 4.69) is 32.2 Å². The Morgan fingerprint density at radius 3 is 2.50 bits per heavy atom. The van der Waals surface area contributed by atoms with Gasteiger partial charge in [-0.15, -0.1) is 11.3 Å². The van der Waals surface area contributed by atoms with Gasteiger partial charge < -0.3 is 20.2 Å². The number of hydrogen-bond donors (Lipinski definition) is 2. The Morgan fingerprint density at radius 2 is 1.96 bits per heavy atom. The highest BCUT2D eigenvalue weighted by Crippen LogP contribution is 2.30. The fraction of sp³-hybridized carbons (Fsp3) is 0.389. The van der Waals surface area contributed by atoms with E-state index >= 15 is 0 Å². The number of carbonyl (C=O) groups is 1. The average molecular weight is 391 g/mol. The molecule has 0 radical (unpaired) electrons. The minimum Gasteiger partial charge on any atom is -0.476 e. The molecule has 6 nitrogen and oxygen atoms in total. The first-order valence-corrected chi connectivity index (χ1v) is 9.75. The lowest BCUT2D eigenvalue weighted by Crippen LogP contribution is -2.40. The van der Waals surface area contributed by atoms with E-state index in [9.17, 15) is 4.79 Å². The lowest BCUT2D eigenvalue weighted by Gasteiger charge is -2.33. The molecule has 8 heteroatoms. The van der Waals surface area contributed by atoms with E-state index in [0.29, 0.717) is 5.92 Å². The van der Waals surface area contributed by atoms with E-state index in [4.69, 9.17) is 17.3 Å². The maximum Gasteiger partial charge on any atom is 0.355 e. The van der Waals surface area contributed by atoms with Crippen LogP contribution in [0.2, 0.25) is 0 Å². The summed E-state index contributed by atoms with van der Waals surface area (Å²) in [4.78, 5) is 19.4. The number of rotatable bonds is 4. The normalized spacial score (nSPS) is 14.9. The number of likely N-dealkylation sites (tertiary alicyclic amines) is 1. The highest BCUT2D eigenvalue weighted by atomic mass is 32.1. The number of nitrogens with one attached hydrogen (secondary N) is 1. The maximum atomic E-state index is 11.0. The molecule has 2 heterocycles. The summed E-state index contributed by atoms with van der Waals surface area (Å²) in [5.41, 5.74) is 2.27. The maximum absolute atomic E-state index is 11.0. The molecule has 0 saturated carbocycles. The van der Waals surface area contributed by atoms with Crippen LogP contribution in [0.4, 0.5) is 11.4 Å². The van der Waals surface area contributed by atoms with Crippen molar-refractivity contribution in [1.82, 2.24) is 9.88 Å². The molecule has 0 amide bonds. The molecular weight excluding hydrogens is 368 g/mol. The fourth-order valence-electron chi connectivity index (χ4n) is 2.95. The zero-order valence-corrected chi connectivity index (χ0v) is 16.4. The molecule has 0 atom stereocenters. The summed E-state index contributed by atoms with van der Waals surface area (Å²) in [7, 11) is 4.03. The summed E-state index contributed by atoms with van der Waals surface area (Å²) >= 11 is 6.99. The van der Waals surface area contributed by atoms with Gasteiger partial charge in [-0.25, -0.2) is 9.78 Å². The van der Waals surface area contributed by atoms with Crippen molar-refractivity contribution >= 4 is 46.0 Å². The Labute approximate surface area is 162 Å². The Bertz CT molecular complexity index is 781. The first-order valence-electron chi connectivity index (χ1n) is 8.46. The van der Waals surface area contributed by atoms with Gasteiger partial charge in [0, 0.05) is 49.9 Å². The van der Waals surface area contributed by atoms with Gasteiger partial charge in [0.1, 0.15) is 0 Å². The topological polar surface area (TPSA) is 68.7 Å². The lowest BCUT2D eigenvalue weighted by molar-refractivity contribution is 0.0691. The minimum atomic E-state index is -0.962. The average Bonchev–Trinajstić information content (AvgIpc) is 3.13. The number of aromatic nitrogens is 1. The summed E-state index contributed by atoms with van der Waals surface area (Å²) in [5, 5.41) is 15.6. The molecule has 138 valence electrons. The summed E-state index contributed by atoms with van der Waals surface area (Å²) in [6, 6.07) is 8.16. The largest absolute Gasteiger partial charge is 0.476 e. The molecule has 3 rings (SSSR count). The molecule has 1 aromatic carbocycles. The van der Waals surface area contributed by atoms with Crippen LogP contribution in [0.3, 0.4) is 0 Å². The molecule has 1 saturated heterocycles. The van der Waals surface area contributed by atoms with Gasteiger partial charge in [0.15, 0.2) is 10.8 Å². The monoisotopic (exact) mass is 390 g/mol. The van der Waals surface area contributed by atoms with Gasteiger partial charge in [-0.3, -0.25) is 0 Å². The third-order valence-corrected chi connectivity index (χ3v) is 5.87. The molecule has 0 aliphatic carbocycles. The second-order valence-electron chi connectivity index (χ2n) is 6.51. The number of nitrogens with zero attached hydrogens (tertiary/aromatic N) is 3. The Hall–Kier alpha value is -2.19. The third kappa shape index (κ3) is 4.31. The molecule has 26 heavy (non-hydrogen) atoms. The van der Waals surface area contributed by atoms with E-state index in [0.717, 1.165) is 47.4 Å². The van der Waals surface area contributed by atoms with Crippen molar-refractivity contribution in [3.8, 4) is 0 Å². The Balaban J connectivity index is 1.53. The predicted molar refractivity (Wildman–Crippen MR) is 110 cm³/mol. The van der Waals surface area contributed by atoms with Crippen molar-refractivity contribution in [2.75, 3.05) is 37.4 Å². The molecule has 2 N–H and O–H groups in total. The second kappa shape index (κ2) is 8.01. The number of carboxylic acid groups (broad SMARTS) is 1. The number of hydrogen-bond acceptors (Lipinski definition) is 5. The van der Waals surface area contributed by atoms with Crippen LogP contribution in [0.1, 0.15) is 34.3 Å². The summed E-state index contributed by atoms with van der Waals surface area (Å²) < 4.78 is 0. The minimum absolute atomic E-state index is 0.144. The zero-order valence-electron chi connectivity index (χ0n) is 14.8. The molecule has 1 fully saturated rings. The molecule has 0 spiro atoms.